The average Bonchev–Trinajstić information content (AvgIpc) is 2.78. The first-order valence-electron chi connectivity index (χ1n) is 9.74. The second-order valence-electron chi connectivity index (χ2n) is 7.35. The first kappa shape index (κ1) is 19.8. The van der Waals surface area contributed by atoms with E-state index in [1.165, 1.54) is 7.11 Å². The molecule has 2 atom stereocenters. The summed E-state index contributed by atoms with van der Waals surface area (Å²) < 4.78 is 16.0. The lowest BCUT2D eigenvalue weighted by Gasteiger charge is -2.35. The summed E-state index contributed by atoms with van der Waals surface area (Å²) in [6.45, 7) is 0. The molecule has 0 radical (unpaired) electrons. The topological polar surface area (TPSA) is 87.9 Å². The molecule has 4 rings (SSSR count). The standard InChI is InChI=1S/C24H23NO5/c1-28-17-10-8-15(9-11-17)20-21-18(26)12-16(14-6-4-3-5-7-14)13-19(21)30-23(25)22(20)24(27)29-2/h3-11,16,20H,12-13,25H2,1-2H3/t16-,20+/m0/s1. The van der Waals surface area contributed by atoms with E-state index in [2.05, 4.69) is 0 Å². The van der Waals surface area contributed by atoms with E-state index in [9.17, 15) is 9.59 Å². The highest BCUT2D eigenvalue weighted by Crippen LogP contribution is 2.47. The third kappa shape index (κ3) is 3.45. The van der Waals surface area contributed by atoms with Gasteiger partial charge < -0.3 is 19.9 Å². The first-order valence-corrected chi connectivity index (χ1v) is 9.74. The van der Waals surface area contributed by atoms with Gasteiger partial charge in [-0.25, -0.2) is 4.79 Å². The Morgan fingerprint density at radius 2 is 1.70 bits per heavy atom. The van der Waals surface area contributed by atoms with Crippen molar-refractivity contribution in [2.24, 2.45) is 5.73 Å². The molecule has 2 N–H and O–H groups in total. The van der Waals surface area contributed by atoms with Crippen molar-refractivity contribution in [1.29, 1.82) is 0 Å². The van der Waals surface area contributed by atoms with Crippen LogP contribution in [0.25, 0.3) is 0 Å². The number of allylic oxidation sites excluding steroid dienone is 2. The lowest BCUT2D eigenvalue weighted by Crippen LogP contribution is -2.32. The number of ether oxygens (including phenoxy) is 3. The smallest absolute Gasteiger partial charge is 0.340 e. The van der Waals surface area contributed by atoms with E-state index in [4.69, 9.17) is 19.9 Å². The van der Waals surface area contributed by atoms with E-state index in [0.29, 0.717) is 29.9 Å². The Balaban J connectivity index is 1.80. The third-order valence-corrected chi connectivity index (χ3v) is 5.67. The fourth-order valence-corrected chi connectivity index (χ4v) is 4.21. The molecule has 2 aromatic rings. The Morgan fingerprint density at radius 3 is 2.33 bits per heavy atom. The number of nitrogens with two attached hydrogens (primary N) is 1. The van der Waals surface area contributed by atoms with Gasteiger partial charge in [0, 0.05) is 18.4 Å². The molecule has 154 valence electrons. The highest BCUT2D eigenvalue weighted by atomic mass is 16.5. The van der Waals surface area contributed by atoms with Gasteiger partial charge in [0.25, 0.3) is 0 Å². The van der Waals surface area contributed by atoms with E-state index in [0.717, 1.165) is 11.1 Å². The summed E-state index contributed by atoms with van der Waals surface area (Å²) in [5, 5.41) is 0. The van der Waals surface area contributed by atoms with Gasteiger partial charge in [-0.1, -0.05) is 42.5 Å². The van der Waals surface area contributed by atoms with Gasteiger partial charge in [0.1, 0.15) is 17.1 Å². The van der Waals surface area contributed by atoms with Gasteiger partial charge in [0.15, 0.2) is 5.78 Å². The minimum Gasteiger partial charge on any atom is -0.497 e. The Labute approximate surface area is 174 Å². The van der Waals surface area contributed by atoms with Gasteiger partial charge in [-0.2, -0.15) is 0 Å². The first-order chi connectivity index (χ1) is 14.5. The normalized spacial score (nSPS) is 21.1. The fourth-order valence-electron chi connectivity index (χ4n) is 4.21. The number of benzene rings is 2. The maximum Gasteiger partial charge on any atom is 0.340 e. The number of rotatable bonds is 4. The van der Waals surface area contributed by atoms with Gasteiger partial charge in [-0.05, 0) is 29.2 Å². The number of carbonyl (C=O) groups is 2. The van der Waals surface area contributed by atoms with Crippen molar-refractivity contribution in [2.75, 3.05) is 14.2 Å². The van der Waals surface area contributed by atoms with Crippen LogP contribution in [0.4, 0.5) is 0 Å². The Hall–Kier alpha value is -3.54. The Bertz CT molecular complexity index is 1040. The summed E-state index contributed by atoms with van der Waals surface area (Å²) in [5.74, 6) is -0.139. The zero-order valence-electron chi connectivity index (χ0n) is 16.9. The number of Topliss-reactive ketones (excluding diaryl/α,β-unsaturated/α-hetero) is 1. The van der Waals surface area contributed by atoms with E-state index < -0.39 is 11.9 Å². The molecule has 1 aliphatic heterocycles. The molecule has 1 heterocycles. The van der Waals surface area contributed by atoms with Crippen molar-refractivity contribution < 1.29 is 23.8 Å². The van der Waals surface area contributed by atoms with Crippen LogP contribution in [0.15, 0.2) is 77.4 Å². The summed E-state index contributed by atoms with van der Waals surface area (Å²) in [7, 11) is 2.86. The summed E-state index contributed by atoms with van der Waals surface area (Å²) in [6.07, 6.45) is 0.875. The Morgan fingerprint density at radius 1 is 1.00 bits per heavy atom. The molecule has 0 spiro atoms. The number of hydrogen-bond donors (Lipinski definition) is 1. The van der Waals surface area contributed by atoms with Crippen LogP contribution in [0.2, 0.25) is 0 Å². The van der Waals surface area contributed by atoms with Crippen molar-refractivity contribution in [3.63, 3.8) is 0 Å². The largest absolute Gasteiger partial charge is 0.497 e. The summed E-state index contributed by atoms with van der Waals surface area (Å²) in [5.41, 5.74) is 8.61. The van der Waals surface area contributed by atoms with Crippen molar-refractivity contribution in [3.05, 3.63) is 88.5 Å². The predicted octanol–water partition coefficient (Wildman–Crippen LogP) is 3.55. The number of ketones is 1. The molecule has 0 amide bonds. The summed E-state index contributed by atoms with van der Waals surface area (Å²) >= 11 is 0. The maximum atomic E-state index is 13.3. The van der Waals surface area contributed by atoms with Gasteiger partial charge >= 0.3 is 5.97 Å². The number of hydrogen-bond acceptors (Lipinski definition) is 6. The molecule has 0 saturated heterocycles. The van der Waals surface area contributed by atoms with Crippen LogP contribution in [-0.2, 0) is 19.1 Å². The van der Waals surface area contributed by atoms with Crippen molar-refractivity contribution in [1.82, 2.24) is 0 Å². The summed E-state index contributed by atoms with van der Waals surface area (Å²) in [6, 6.07) is 17.1. The lowest BCUT2D eigenvalue weighted by molar-refractivity contribution is -0.136. The van der Waals surface area contributed by atoms with Crippen molar-refractivity contribution in [3.8, 4) is 5.75 Å². The molecule has 0 aromatic heterocycles. The molecule has 1 aliphatic carbocycles. The molecule has 0 fully saturated rings. The monoisotopic (exact) mass is 405 g/mol. The quantitative estimate of drug-likeness (QED) is 0.783. The molecule has 2 aliphatic rings. The zero-order valence-corrected chi connectivity index (χ0v) is 16.9. The predicted molar refractivity (Wildman–Crippen MR) is 110 cm³/mol. The molecule has 2 aromatic carbocycles. The zero-order chi connectivity index (χ0) is 21.3. The van der Waals surface area contributed by atoms with E-state index in [1.807, 2.05) is 42.5 Å². The van der Waals surface area contributed by atoms with E-state index in [1.54, 1.807) is 19.2 Å². The van der Waals surface area contributed by atoms with Gasteiger partial charge in [0.2, 0.25) is 5.88 Å². The molecular weight excluding hydrogens is 382 g/mol. The molecular formula is C24H23NO5. The van der Waals surface area contributed by atoms with Crippen LogP contribution in [0.3, 0.4) is 0 Å². The lowest BCUT2D eigenvalue weighted by atomic mass is 9.73. The number of esters is 1. The summed E-state index contributed by atoms with van der Waals surface area (Å²) in [4.78, 5) is 25.9. The highest BCUT2D eigenvalue weighted by molar-refractivity contribution is 6.03. The minimum atomic E-state index is -0.642. The molecule has 30 heavy (non-hydrogen) atoms. The van der Waals surface area contributed by atoms with Crippen molar-refractivity contribution >= 4 is 11.8 Å². The SMILES string of the molecule is COC(=O)C1=C(N)OC2=C(C(=O)C[C@H](c3ccccc3)C2)[C@H]1c1ccc(OC)cc1. The maximum absolute atomic E-state index is 13.3. The van der Waals surface area contributed by atoms with E-state index in [-0.39, 0.29) is 23.2 Å². The molecule has 0 unspecified atom stereocenters. The second kappa shape index (κ2) is 8.06. The number of carbonyl (C=O) groups excluding carboxylic acids is 2. The van der Waals surface area contributed by atoms with Gasteiger partial charge in [-0.3, -0.25) is 4.79 Å². The second-order valence-corrected chi connectivity index (χ2v) is 7.35. The van der Waals surface area contributed by atoms with Gasteiger partial charge in [-0.15, -0.1) is 0 Å². The number of methoxy groups -OCH3 is 2. The Kier molecular flexibility index (Phi) is 5.31. The average molecular weight is 405 g/mol. The highest BCUT2D eigenvalue weighted by Gasteiger charge is 2.43. The van der Waals surface area contributed by atoms with Crippen LogP contribution in [0.1, 0.15) is 35.8 Å². The van der Waals surface area contributed by atoms with Crippen molar-refractivity contribution in [2.45, 2.75) is 24.7 Å². The molecule has 6 nitrogen and oxygen atoms in total. The van der Waals surface area contributed by atoms with Crippen LogP contribution in [0.5, 0.6) is 5.75 Å². The fraction of sp³-hybridized carbons (Fsp3) is 0.250. The minimum absolute atomic E-state index is 0.00134. The van der Waals surface area contributed by atoms with E-state index >= 15 is 0 Å². The van der Waals surface area contributed by atoms with Crippen LogP contribution >= 0.6 is 0 Å². The van der Waals surface area contributed by atoms with Gasteiger partial charge in [0.05, 0.1) is 20.1 Å². The molecule has 0 bridgehead atoms. The molecule has 6 heteroatoms. The van der Waals surface area contributed by atoms with Crippen LogP contribution in [-0.4, -0.2) is 26.0 Å². The van der Waals surface area contributed by atoms with Crippen LogP contribution in [0, 0.1) is 0 Å². The third-order valence-electron chi connectivity index (χ3n) is 5.67. The molecule has 0 saturated carbocycles. The van der Waals surface area contributed by atoms with Crippen LogP contribution < -0.4 is 10.5 Å².